The topological polar surface area (TPSA) is 49.3 Å². The monoisotopic (exact) mass is 289 g/mol. The molecule has 0 aliphatic rings. The van der Waals surface area contributed by atoms with Gasteiger partial charge in [0, 0.05) is 10.7 Å². The minimum atomic E-state index is -1.21. The van der Waals surface area contributed by atoms with Crippen molar-refractivity contribution in [1.29, 1.82) is 0 Å². The molecular weight excluding hydrogens is 274 g/mol. The highest BCUT2D eigenvalue weighted by Crippen LogP contribution is 2.28. The Morgan fingerprint density at radius 1 is 1.20 bits per heavy atom. The van der Waals surface area contributed by atoms with Crippen LogP contribution in [-0.2, 0) is 10.3 Å². The summed E-state index contributed by atoms with van der Waals surface area (Å²) in [7, 11) is 0. The molecule has 3 nitrogen and oxygen atoms in total. The Morgan fingerprint density at radius 2 is 1.85 bits per heavy atom. The zero-order valence-electron chi connectivity index (χ0n) is 11.4. The molecule has 0 radical (unpaired) electrons. The van der Waals surface area contributed by atoms with Gasteiger partial charge in [0.15, 0.2) is 5.54 Å². The molecule has 0 aliphatic carbocycles. The van der Waals surface area contributed by atoms with E-state index >= 15 is 0 Å². The number of anilines is 1. The molecule has 0 saturated heterocycles. The number of aryl methyl sites for hydroxylation is 1. The Labute approximate surface area is 123 Å². The van der Waals surface area contributed by atoms with Gasteiger partial charge in [0.25, 0.3) is 0 Å². The van der Waals surface area contributed by atoms with Gasteiger partial charge in [-0.1, -0.05) is 47.5 Å². The van der Waals surface area contributed by atoms with Crippen LogP contribution in [0.25, 0.3) is 0 Å². The fourth-order valence-electron chi connectivity index (χ4n) is 1.99. The van der Waals surface area contributed by atoms with Gasteiger partial charge in [-0.3, -0.25) is 0 Å². The molecule has 2 rings (SSSR count). The molecule has 2 aromatic carbocycles. The van der Waals surface area contributed by atoms with E-state index in [1.165, 1.54) is 0 Å². The third-order valence-electron chi connectivity index (χ3n) is 3.28. The number of benzene rings is 2. The van der Waals surface area contributed by atoms with Crippen LogP contribution in [0.2, 0.25) is 5.02 Å². The smallest absolute Gasteiger partial charge is 0.333 e. The second kappa shape index (κ2) is 5.55. The number of carboxylic acid groups (broad SMARTS) is 1. The minimum absolute atomic E-state index is 0.562. The highest BCUT2D eigenvalue weighted by molar-refractivity contribution is 6.30. The number of nitrogens with one attached hydrogen (secondary N) is 1. The van der Waals surface area contributed by atoms with Crippen molar-refractivity contribution in [3.63, 3.8) is 0 Å². The van der Waals surface area contributed by atoms with Gasteiger partial charge in [-0.15, -0.1) is 0 Å². The van der Waals surface area contributed by atoms with Crippen LogP contribution in [0.5, 0.6) is 0 Å². The summed E-state index contributed by atoms with van der Waals surface area (Å²) in [6, 6.07) is 14.5. The number of rotatable bonds is 4. The van der Waals surface area contributed by atoms with Gasteiger partial charge in [0.1, 0.15) is 0 Å². The Morgan fingerprint density at radius 3 is 2.40 bits per heavy atom. The van der Waals surface area contributed by atoms with Crippen molar-refractivity contribution in [2.45, 2.75) is 19.4 Å². The van der Waals surface area contributed by atoms with E-state index in [1.54, 1.807) is 31.2 Å². The molecule has 20 heavy (non-hydrogen) atoms. The van der Waals surface area contributed by atoms with Gasteiger partial charge in [-0.25, -0.2) is 4.79 Å². The van der Waals surface area contributed by atoms with E-state index in [-0.39, 0.29) is 0 Å². The molecule has 2 aromatic rings. The Hall–Kier alpha value is -2.00. The molecule has 0 heterocycles. The number of aliphatic carboxylic acids is 1. The fraction of sp³-hybridized carbons (Fsp3) is 0.188. The molecule has 4 heteroatoms. The standard InChI is InChI=1S/C16H16ClNO2/c1-11-6-8-12(9-7-11)16(2,15(19)20)18-14-5-3-4-13(17)10-14/h3-10,18H,1-2H3,(H,19,20). The van der Waals surface area contributed by atoms with E-state index in [9.17, 15) is 9.90 Å². The fourth-order valence-corrected chi connectivity index (χ4v) is 2.18. The van der Waals surface area contributed by atoms with Crippen LogP contribution in [0.15, 0.2) is 48.5 Å². The van der Waals surface area contributed by atoms with Gasteiger partial charge in [-0.05, 0) is 37.6 Å². The van der Waals surface area contributed by atoms with Crippen LogP contribution in [0, 0.1) is 6.92 Å². The summed E-state index contributed by atoms with van der Waals surface area (Å²) in [6.45, 7) is 3.60. The van der Waals surface area contributed by atoms with E-state index in [1.807, 2.05) is 31.2 Å². The van der Waals surface area contributed by atoms with Gasteiger partial charge < -0.3 is 10.4 Å². The zero-order valence-corrected chi connectivity index (χ0v) is 12.1. The molecule has 0 fully saturated rings. The Bertz CT molecular complexity index is 625. The molecule has 1 atom stereocenters. The lowest BCUT2D eigenvalue weighted by atomic mass is 9.91. The SMILES string of the molecule is Cc1ccc(C(C)(Nc2cccc(Cl)c2)C(=O)O)cc1. The molecule has 0 saturated carbocycles. The number of hydrogen-bond acceptors (Lipinski definition) is 2. The molecule has 2 N–H and O–H groups in total. The summed E-state index contributed by atoms with van der Waals surface area (Å²) in [4.78, 5) is 11.7. The molecule has 0 spiro atoms. The van der Waals surface area contributed by atoms with Gasteiger partial charge >= 0.3 is 5.97 Å². The first kappa shape index (κ1) is 14.4. The highest BCUT2D eigenvalue weighted by Gasteiger charge is 2.35. The van der Waals surface area contributed by atoms with Gasteiger partial charge in [0.2, 0.25) is 0 Å². The maximum absolute atomic E-state index is 11.7. The summed E-state index contributed by atoms with van der Waals surface area (Å²) in [5, 5.41) is 13.2. The molecule has 0 bridgehead atoms. The van der Waals surface area contributed by atoms with E-state index in [2.05, 4.69) is 5.32 Å². The lowest BCUT2D eigenvalue weighted by Crippen LogP contribution is -2.40. The second-order valence-electron chi connectivity index (χ2n) is 4.93. The summed E-state index contributed by atoms with van der Waals surface area (Å²) in [5.41, 5.74) is 1.24. The quantitative estimate of drug-likeness (QED) is 0.892. The third kappa shape index (κ3) is 2.94. The van der Waals surface area contributed by atoms with Crippen LogP contribution in [-0.4, -0.2) is 11.1 Å². The number of carboxylic acids is 1. The normalized spacial score (nSPS) is 13.6. The summed E-state index contributed by atoms with van der Waals surface area (Å²) in [6.07, 6.45) is 0. The number of carbonyl (C=O) groups is 1. The highest BCUT2D eigenvalue weighted by atomic mass is 35.5. The van der Waals surface area contributed by atoms with Crippen molar-refractivity contribution in [2.75, 3.05) is 5.32 Å². The van der Waals surface area contributed by atoms with Crippen molar-refractivity contribution in [2.24, 2.45) is 0 Å². The molecule has 0 amide bonds. The molecule has 0 aromatic heterocycles. The molecule has 0 aliphatic heterocycles. The average Bonchev–Trinajstić information content (AvgIpc) is 2.39. The lowest BCUT2D eigenvalue weighted by molar-refractivity contribution is -0.142. The third-order valence-corrected chi connectivity index (χ3v) is 3.51. The second-order valence-corrected chi connectivity index (χ2v) is 5.37. The predicted molar refractivity (Wildman–Crippen MR) is 81.2 cm³/mol. The van der Waals surface area contributed by atoms with Crippen LogP contribution in [0.1, 0.15) is 18.1 Å². The summed E-state index contributed by atoms with van der Waals surface area (Å²) >= 11 is 5.93. The first-order valence-corrected chi connectivity index (χ1v) is 6.64. The maximum atomic E-state index is 11.7. The van der Waals surface area contributed by atoms with Crippen molar-refractivity contribution < 1.29 is 9.90 Å². The van der Waals surface area contributed by atoms with E-state index in [0.29, 0.717) is 16.3 Å². The predicted octanol–water partition coefficient (Wildman–Crippen LogP) is 4.06. The zero-order chi connectivity index (χ0) is 14.8. The number of halogens is 1. The van der Waals surface area contributed by atoms with Crippen LogP contribution >= 0.6 is 11.6 Å². The Balaban J connectivity index is 2.39. The number of hydrogen-bond donors (Lipinski definition) is 2. The van der Waals surface area contributed by atoms with Crippen molar-refractivity contribution in [1.82, 2.24) is 0 Å². The first-order valence-electron chi connectivity index (χ1n) is 6.26. The van der Waals surface area contributed by atoms with Crippen LogP contribution in [0.3, 0.4) is 0 Å². The molecular formula is C16H16ClNO2. The van der Waals surface area contributed by atoms with Crippen LogP contribution < -0.4 is 5.32 Å². The maximum Gasteiger partial charge on any atom is 0.333 e. The van der Waals surface area contributed by atoms with Gasteiger partial charge in [-0.2, -0.15) is 0 Å². The molecule has 104 valence electrons. The van der Waals surface area contributed by atoms with E-state index in [4.69, 9.17) is 11.6 Å². The lowest BCUT2D eigenvalue weighted by Gasteiger charge is -2.28. The largest absolute Gasteiger partial charge is 0.479 e. The first-order chi connectivity index (χ1) is 9.41. The van der Waals surface area contributed by atoms with Crippen LogP contribution in [0.4, 0.5) is 5.69 Å². The van der Waals surface area contributed by atoms with Crippen molar-refractivity contribution in [3.8, 4) is 0 Å². The Kier molecular flexibility index (Phi) is 4.00. The van der Waals surface area contributed by atoms with Crippen molar-refractivity contribution in [3.05, 3.63) is 64.7 Å². The molecule has 1 unspecified atom stereocenters. The van der Waals surface area contributed by atoms with Gasteiger partial charge in [0.05, 0.1) is 0 Å². The van der Waals surface area contributed by atoms with E-state index in [0.717, 1.165) is 5.56 Å². The summed E-state index contributed by atoms with van der Waals surface area (Å²) in [5.74, 6) is -0.943. The van der Waals surface area contributed by atoms with Crippen molar-refractivity contribution >= 4 is 23.3 Å². The summed E-state index contributed by atoms with van der Waals surface area (Å²) < 4.78 is 0. The average molecular weight is 290 g/mol. The van der Waals surface area contributed by atoms with E-state index < -0.39 is 11.5 Å². The minimum Gasteiger partial charge on any atom is -0.479 e.